The van der Waals surface area contributed by atoms with Gasteiger partial charge in [-0.2, -0.15) is 5.10 Å². The molecule has 0 aliphatic carbocycles. The average Bonchev–Trinajstić information content (AvgIpc) is 3.40. The van der Waals surface area contributed by atoms with Crippen molar-refractivity contribution < 1.29 is 13.6 Å². The molecule has 0 atom stereocenters. The molecular formula is C30H36F2N8O. The van der Waals surface area contributed by atoms with Crippen LogP contribution in [-0.2, 0) is 11.3 Å². The second kappa shape index (κ2) is 14.3. The van der Waals surface area contributed by atoms with E-state index in [-0.39, 0.29) is 11.6 Å². The largest absolute Gasteiger partial charge is 0.360 e. The van der Waals surface area contributed by atoms with Crippen LogP contribution in [0, 0.1) is 17.6 Å². The molecule has 2 aromatic carbocycles. The van der Waals surface area contributed by atoms with Crippen LogP contribution in [0.25, 0.3) is 22.8 Å². The van der Waals surface area contributed by atoms with Gasteiger partial charge in [-0.05, 0) is 67.3 Å². The van der Waals surface area contributed by atoms with E-state index in [1.54, 1.807) is 35.3 Å². The Morgan fingerprint density at radius 3 is 2.24 bits per heavy atom. The molecular weight excluding hydrogens is 526 g/mol. The average molecular weight is 563 g/mol. The molecule has 0 aliphatic rings. The number of hydrogen-bond acceptors (Lipinski definition) is 7. The van der Waals surface area contributed by atoms with Gasteiger partial charge in [-0.15, -0.1) is 0 Å². The fourth-order valence-corrected chi connectivity index (χ4v) is 4.33. The molecule has 2 aromatic heterocycles. The first-order valence-corrected chi connectivity index (χ1v) is 13.8. The molecule has 0 spiro atoms. The van der Waals surface area contributed by atoms with Crippen LogP contribution in [0.1, 0.15) is 26.7 Å². The van der Waals surface area contributed by atoms with Gasteiger partial charge in [-0.1, -0.05) is 13.8 Å². The zero-order valence-corrected chi connectivity index (χ0v) is 23.7. The maximum absolute atomic E-state index is 13.6. The Kier molecular flexibility index (Phi) is 10.3. The Hall–Kier alpha value is -4.41. The Balaban J connectivity index is 1.53. The van der Waals surface area contributed by atoms with Crippen molar-refractivity contribution in [3.05, 3.63) is 72.6 Å². The SMILES string of the molecule is CC(C)CCN(C)c1cc(N(CCCn2nc(-c3ccc(F)cc3)nc2-c2ccc(F)cc2)CCNC=O)ncn1. The van der Waals surface area contributed by atoms with E-state index in [4.69, 9.17) is 10.1 Å². The number of hydrogen-bond donors (Lipinski definition) is 1. The molecule has 1 N–H and O–H groups in total. The lowest BCUT2D eigenvalue weighted by Gasteiger charge is -2.25. The van der Waals surface area contributed by atoms with Crippen LogP contribution < -0.4 is 15.1 Å². The first-order valence-electron chi connectivity index (χ1n) is 13.8. The number of rotatable bonds is 15. The predicted octanol–water partition coefficient (Wildman–Crippen LogP) is 4.81. The van der Waals surface area contributed by atoms with Crippen molar-refractivity contribution in [3.63, 3.8) is 0 Å². The number of carbonyl (C=O) groups is 1. The highest BCUT2D eigenvalue weighted by atomic mass is 19.1. The summed E-state index contributed by atoms with van der Waals surface area (Å²) in [5.74, 6) is 2.57. The molecule has 0 saturated heterocycles. The van der Waals surface area contributed by atoms with Crippen molar-refractivity contribution in [3.8, 4) is 22.8 Å². The second-order valence-electron chi connectivity index (χ2n) is 10.2. The highest BCUT2D eigenvalue weighted by Gasteiger charge is 2.16. The van der Waals surface area contributed by atoms with Gasteiger partial charge in [0.1, 0.15) is 29.6 Å². The Morgan fingerprint density at radius 1 is 0.927 bits per heavy atom. The number of nitrogens with zero attached hydrogens (tertiary/aromatic N) is 7. The summed E-state index contributed by atoms with van der Waals surface area (Å²) >= 11 is 0. The summed E-state index contributed by atoms with van der Waals surface area (Å²) in [6.45, 7) is 7.45. The number of anilines is 2. The molecule has 1 amide bonds. The standard InChI is InChI=1S/C30H36F2N8O/c1-22(2)13-17-38(3)27-19-28(35-20-34-27)39(18-14-33-21-41)15-4-16-40-30(24-7-11-26(32)12-8-24)36-29(37-40)23-5-9-25(31)10-6-23/h5-12,19-22H,4,13-18H2,1-3H3,(H,33,41). The number of aryl methyl sites for hydroxylation is 1. The Morgan fingerprint density at radius 2 is 1.59 bits per heavy atom. The summed E-state index contributed by atoms with van der Waals surface area (Å²) in [5.41, 5.74) is 1.41. The van der Waals surface area contributed by atoms with E-state index in [1.807, 2.05) is 13.1 Å². The number of amides is 1. The molecule has 2 heterocycles. The third kappa shape index (κ3) is 8.29. The lowest BCUT2D eigenvalue weighted by molar-refractivity contribution is -0.109. The first-order chi connectivity index (χ1) is 19.8. The topological polar surface area (TPSA) is 92.1 Å². The van der Waals surface area contributed by atoms with Crippen LogP contribution in [0.3, 0.4) is 0 Å². The Labute approximate surface area is 239 Å². The molecule has 4 rings (SSSR count). The maximum atomic E-state index is 13.6. The quantitative estimate of drug-likeness (QED) is 0.164. The number of benzene rings is 2. The maximum Gasteiger partial charge on any atom is 0.207 e. The highest BCUT2D eigenvalue weighted by Crippen LogP contribution is 2.24. The fraction of sp³-hybridized carbons (Fsp3) is 0.367. The summed E-state index contributed by atoms with van der Waals surface area (Å²) in [5, 5.41) is 7.43. The molecule has 0 unspecified atom stereocenters. The smallest absolute Gasteiger partial charge is 0.207 e. The van der Waals surface area contributed by atoms with E-state index in [1.165, 1.54) is 24.3 Å². The highest BCUT2D eigenvalue weighted by molar-refractivity contribution is 5.61. The monoisotopic (exact) mass is 562 g/mol. The molecule has 216 valence electrons. The summed E-state index contributed by atoms with van der Waals surface area (Å²) < 4.78 is 28.9. The minimum Gasteiger partial charge on any atom is -0.360 e. The Bertz CT molecular complexity index is 1390. The minimum absolute atomic E-state index is 0.336. The third-order valence-electron chi connectivity index (χ3n) is 6.68. The lowest BCUT2D eigenvalue weighted by Crippen LogP contribution is -2.34. The molecule has 0 radical (unpaired) electrons. The van der Waals surface area contributed by atoms with Crippen molar-refractivity contribution in [1.29, 1.82) is 0 Å². The molecule has 9 nitrogen and oxygen atoms in total. The van der Waals surface area contributed by atoms with E-state index in [0.717, 1.165) is 30.2 Å². The lowest BCUT2D eigenvalue weighted by atomic mass is 10.1. The van der Waals surface area contributed by atoms with E-state index in [0.29, 0.717) is 62.1 Å². The van der Waals surface area contributed by atoms with Crippen molar-refractivity contribution >= 4 is 18.0 Å². The van der Waals surface area contributed by atoms with Gasteiger partial charge in [0.05, 0.1) is 0 Å². The van der Waals surface area contributed by atoms with Crippen LogP contribution >= 0.6 is 0 Å². The molecule has 4 aromatic rings. The zero-order valence-electron chi connectivity index (χ0n) is 23.7. The van der Waals surface area contributed by atoms with Crippen LogP contribution in [0.2, 0.25) is 0 Å². The summed E-state index contributed by atoms with van der Waals surface area (Å²) in [6, 6.07) is 14.1. The summed E-state index contributed by atoms with van der Waals surface area (Å²) in [4.78, 5) is 28.8. The van der Waals surface area contributed by atoms with E-state index >= 15 is 0 Å². The van der Waals surface area contributed by atoms with Gasteiger partial charge in [0, 0.05) is 57.0 Å². The minimum atomic E-state index is -0.338. The summed E-state index contributed by atoms with van der Waals surface area (Å²) in [7, 11) is 2.02. The van der Waals surface area contributed by atoms with Gasteiger partial charge in [-0.3, -0.25) is 4.79 Å². The van der Waals surface area contributed by atoms with Crippen molar-refractivity contribution in [2.24, 2.45) is 5.92 Å². The number of aromatic nitrogens is 5. The molecule has 0 fully saturated rings. The first kappa shape index (κ1) is 29.6. The van der Waals surface area contributed by atoms with Crippen molar-refractivity contribution in [2.45, 2.75) is 33.2 Å². The molecule has 0 bridgehead atoms. The van der Waals surface area contributed by atoms with Crippen LogP contribution in [0.5, 0.6) is 0 Å². The zero-order chi connectivity index (χ0) is 29.2. The van der Waals surface area contributed by atoms with Crippen LogP contribution in [-0.4, -0.2) is 64.4 Å². The van der Waals surface area contributed by atoms with Gasteiger partial charge in [0.15, 0.2) is 11.6 Å². The van der Waals surface area contributed by atoms with Gasteiger partial charge >= 0.3 is 0 Å². The normalized spacial score (nSPS) is 11.1. The van der Waals surface area contributed by atoms with E-state index < -0.39 is 0 Å². The van der Waals surface area contributed by atoms with E-state index in [9.17, 15) is 13.6 Å². The number of halogens is 2. The van der Waals surface area contributed by atoms with Gasteiger partial charge in [-0.25, -0.2) is 28.4 Å². The fourth-order valence-electron chi connectivity index (χ4n) is 4.33. The third-order valence-corrected chi connectivity index (χ3v) is 6.68. The van der Waals surface area contributed by atoms with Crippen LogP contribution in [0.15, 0.2) is 60.9 Å². The second-order valence-corrected chi connectivity index (χ2v) is 10.2. The number of nitrogens with one attached hydrogen (secondary N) is 1. The van der Waals surface area contributed by atoms with Crippen molar-refractivity contribution in [1.82, 2.24) is 30.0 Å². The molecule has 0 saturated carbocycles. The predicted molar refractivity (Wildman–Crippen MR) is 156 cm³/mol. The van der Waals surface area contributed by atoms with Gasteiger partial charge in [0.25, 0.3) is 0 Å². The summed E-state index contributed by atoms with van der Waals surface area (Å²) in [6.07, 6.45) is 3.99. The van der Waals surface area contributed by atoms with Crippen molar-refractivity contribution in [2.75, 3.05) is 43.0 Å². The van der Waals surface area contributed by atoms with Crippen LogP contribution in [0.4, 0.5) is 20.4 Å². The molecule has 0 aliphatic heterocycles. The van der Waals surface area contributed by atoms with Gasteiger partial charge < -0.3 is 15.1 Å². The molecule has 11 heteroatoms. The van der Waals surface area contributed by atoms with Gasteiger partial charge in [0.2, 0.25) is 6.41 Å². The number of carbonyl (C=O) groups excluding carboxylic acids is 1. The molecule has 41 heavy (non-hydrogen) atoms. The van der Waals surface area contributed by atoms with E-state index in [2.05, 4.69) is 38.9 Å².